The van der Waals surface area contributed by atoms with Gasteiger partial charge in [0.15, 0.2) is 0 Å². The minimum absolute atomic E-state index is 0.262. The van der Waals surface area contributed by atoms with Crippen molar-refractivity contribution in [3.63, 3.8) is 0 Å². The number of rotatable bonds is 1. The predicted molar refractivity (Wildman–Crippen MR) is 51.4 cm³/mol. The van der Waals surface area contributed by atoms with Gasteiger partial charge in [0.2, 0.25) is 0 Å². The minimum atomic E-state index is -0.928. The molecule has 2 aromatic heterocycles. The number of nitrogens with zero attached hydrogens (tertiary/aromatic N) is 3. The fraction of sp³-hybridized carbons (Fsp3) is 0.333. The Labute approximate surface area is 80.6 Å². The molecule has 0 aliphatic carbocycles. The number of hydrogen-bond acceptors (Lipinski definition) is 2. The summed E-state index contributed by atoms with van der Waals surface area (Å²) in [5, 5.41) is 8.89. The molecule has 2 heterocycles. The quantitative estimate of drug-likeness (QED) is 0.732. The summed E-state index contributed by atoms with van der Waals surface area (Å²) < 4.78 is 3.51. The highest BCUT2D eigenvalue weighted by molar-refractivity contribution is 5.92. The Bertz CT molecular complexity index is 522. The monoisotopic (exact) mass is 193 g/mol. The molecule has 0 spiro atoms. The summed E-state index contributed by atoms with van der Waals surface area (Å²) in [6.45, 7) is 1.89. The molecule has 0 saturated carbocycles. The Morgan fingerprint density at radius 3 is 2.57 bits per heavy atom. The van der Waals surface area contributed by atoms with E-state index in [1.54, 1.807) is 17.7 Å². The number of carboxylic acid groups (broad SMARTS) is 1. The van der Waals surface area contributed by atoms with Gasteiger partial charge in [-0.15, -0.1) is 0 Å². The third-order valence-electron chi connectivity index (χ3n) is 2.49. The number of hydrogen-bond donors (Lipinski definition) is 1. The van der Waals surface area contributed by atoms with Crippen LogP contribution in [0.3, 0.4) is 0 Å². The van der Waals surface area contributed by atoms with E-state index in [-0.39, 0.29) is 5.69 Å². The second-order valence-corrected chi connectivity index (χ2v) is 3.32. The molecule has 0 fully saturated rings. The van der Waals surface area contributed by atoms with Crippen molar-refractivity contribution in [1.29, 1.82) is 0 Å². The molecular weight excluding hydrogens is 182 g/mol. The molecule has 5 heteroatoms. The number of carbonyl (C=O) groups is 1. The smallest absolute Gasteiger partial charge is 0.352 e. The van der Waals surface area contributed by atoms with Crippen LogP contribution in [0.15, 0.2) is 6.07 Å². The summed E-state index contributed by atoms with van der Waals surface area (Å²) in [5.41, 5.74) is 1.82. The Morgan fingerprint density at radius 1 is 1.43 bits per heavy atom. The molecule has 0 aliphatic rings. The third-order valence-corrected chi connectivity index (χ3v) is 2.49. The molecule has 0 atom stereocenters. The normalized spacial score (nSPS) is 11.1. The van der Waals surface area contributed by atoms with Crippen LogP contribution in [0.25, 0.3) is 11.2 Å². The lowest BCUT2D eigenvalue weighted by Crippen LogP contribution is -2.06. The van der Waals surface area contributed by atoms with Gasteiger partial charge in [0, 0.05) is 14.1 Å². The van der Waals surface area contributed by atoms with Gasteiger partial charge in [0.05, 0.1) is 0 Å². The van der Waals surface area contributed by atoms with Crippen LogP contribution in [-0.4, -0.2) is 25.2 Å². The number of aromatic nitrogens is 3. The van der Waals surface area contributed by atoms with Crippen LogP contribution < -0.4 is 0 Å². The highest BCUT2D eigenvalue weighted by atomic mass is 16.4. The molecule has 0 bridgehead atoms. The Morgan fingerprint density at radius 2 is 2.07 bits per heavy atom. The average Bonchev–Trinajstić information content (AvgIpc) is 2.54. The summed E-state index contributed by atoms with van der Waals surface area (Å²) >= 11 is 0. The van der Waals surface area contributed by atoms with Gasteiger partial charge in [0.25, 0.3) is 0 Å². The van der Waals surface area contributed by atoms with Crippen LogP contribution >= 0.6 is 0 Å². The van der Waals surface area contributed by atoms with Crippen molar-refractivity contribution in [2.45, 2.75) is 6.92 Å². The first kappa shape index (κ1) is 8.80. The van der Waals surface area contributed by atoms with Crippen molar-refractivity contribution < 1.29 is 9.90 Å². The summed E-state index contributed by atoms with van der Waals surface area (Å²) in [6, 6.07) is 1.59. The first-order valence-corrected chi connectivity index (χ1v) is 4.24. The van der Waals surface area contributed by atoms with Crippen LogP contribution in [-0.2, 0) is 14.1 Å². The number of carboxylic acids is 1. The van der Waals surface area contributed by atoms with Gasteiger partial charge in [0.1, 0.15) is 22.7 Å². The second-order valence-electron chi connectivity index (χ2n) is 3.32. The van der Waals surface area contributed by atoms with Crippen molar-refractivity contribution in [1.82, 2.24) is 14.1 Å². The van der Waals surface area contributed by atoms with Crippen molar-refractivity contribution in [3.05, 3.63) is 17.6 Å². The van der Waals surface area contributed by atoms with Gasteiger partial charge in [-0.05, 0) is 13.0 Å². The molecule has 5 nitrogen and oxygen atoms in total. The molecule has 2 aromatic rings. The lowest BCUT2D eigenvalue weighted by Gasteiger charge is -2.01. The van der Waals surface area contributed by atoms with Crippen LogP contribution in [0, 0.1) is 6.92 Å². The van der Waals surface area contributed by atoms with E-state index in [1.807, 2.05) is 18.5 Å². The predicted octanol–water partition coefficient (Wildman–Crippen LogP) is 0.918. The minimum Gasteiger partial charge on any atom is -0.477 e. The zero-order valence-electron chi connectivity index (χ0n) is 8.27. The van der Waals surface area contributed by atoms with Crippen molar-refractivity contribution >= 4 is 17.1 Å². The molecule has 0 aliphatic heterocycles. The average molecular weight is 193 g/mol. The Balaban J connectivity index is 2.84. The Kier molecular flexibility index (Phi) is 1.64. The highest BCUT2D eigenvalue weighted by Crippen LogP contribution is 2.18. The maximum absolute atomic E-state index is 10.8. The lowest BCUT2D eigenvalue weighted by molar-refractivity contribution is 0.0687. The van der Waals surface area contributed by atoms with Crippen LogP contribution in [0.1, 0.15) is 16.3 Å². The van der Waals surface area contributed by atoms with Gasteiger partial charge in [-0.3, -0.25) is 0 Å². The topological polar surface area (TPSA) is 60.0 Å². The van der Waals surface area contributed by atoms with Crippen molar-refractivity contribution in [2.24, 2.45) is 14.1 Å². The van der Waals surface area contributed by atoms with E-state index in [1.165, 1.54) is 0 Å². The van der Waals surface area contributed by atoms with E-state index in [4.69, 9.17) is 5.11 Å². The van der Waals surface area contributed by atoms with Crippen molar-refractivity contribution in [3.8, 4) is 0 Å². The highest BCUT2D eigenvalue weighted by Gasteiger charge is 2.16. The van der Waals surface area contributed by atoms with E-state index in [9.17, 15) is 4.79 Å². The molecule has 74 valence electrons. The number of aromatic carboxylic acids is 1. The first-order chi connectivity index (χ1) is 6.52. The van der Waals surface area contributed by atoms with Gasteiger partial charge in [-0.2, -0.15) is 0 Å². The van der Waals surface area contributed by atoms with E-state index in [0.717, 1.165) is 17.0 Å². The van der Waals surface area contributed by atoms with E-state index >= 15 is 0 Å². The molecule has 1 N–H and O–H groups in total. The summed E-state index contributed by atoms with van der Waals surface area (Å²) in [6.07, 6.45) is 0. The molecule has 2 rings (SSSR count). The molecule has 14 heavy (non-hydrogen) atoms. The van der Waals surface area contributed by atoms with Gasteiger partial charge < -0.3 is 14.2 Å². The zero-order valence-corrected chi connectivity index (χ0v) is 8.27. The zero-order chi connectivity index (χ0) is 10.5. The van der Waals surface area contributed by atoms with E-state index in [0.29, 0.717) is 0 Å². The SMILES string of the molecule is Cc1nc2cc(C(=O)O)n(C)c2n1C. The summed E-state index contributed by atoms with van der Waals surface area (Å²) in [5.74, 6) is -0.0503. The van der Waals surface area contributed by atoms with Crippen LogP contribution in [0.2, 0.25) is 0 Å². The molecule has 0 amide bonds. The lowest BCUT2D eigenvalue weighted by atomic mass is 10.4. The number of aryl methyl sites for hydroxylation is 3. The summed E-state index contributed by atoms with van der Waals surface area (Å²) in [7, 11) is 3.60. The standard InChI is InChI=1S/C9H11N3O2/c1-5-10-6-4-7(9(13)14)12(3)8(6)11(5)2/h4H,1-3H3,(H,13,14). The van der Waals surface area contributed by atoms with Crippen molar-refractivity contribution in [2.75, 3.05) is 0 Å². The third kappa shape index (κ3) is 0.951. The fourth-order valence-electron chi connectivity index (χ4n) is 1.66. The van der Waals surface area contributed by atoms with Crippen LogP contribution in [0.4, 0.5) is 0 Å². The molecule has 0 radical (unpaired) electrons. The summed E-state index contributed by atoms with van der Waals surface area (Å²) in [4.78, 5) is 15.1. The Hall–Kier alpha value is -1.78. The maximum Gasteiger partial charge on any atom is 0.352 e. The molecular formula is C9H11N3O2. The first-order valence-electron chi connectivity index (χ1n) is 4.24. The van der Waals surface area contributed by atoms with Crippen LogP contribution in [0.5, 0.6) is 0 Å². The molecule has 0 saturated heterocycles. The maximum atomic E-state index is 10.8. The molecule has 0 aromatic carbocycles. The largest absolute Gasteiger partial charge is 0.477 e. The van der Waals surface area contributed by atoms with E-state index < -0.39 is 5.97 Å². The second kappa shape index (κ2) is 2.60. The number of imidazole rings is 1. The number of fused-ring (bicyclic) bond motifs is 1. The van der Waals surface area contributed by atoms with Gasteiger partial charge >= 0.3 is 5.97 Å². The fourth-order valence-corrected chi connectivity index (χ4v) is 1.66. The van der Waals surface area contributed by atoms with E-state index in [2.05, 4.69) is 4.98 Å². The van der Waals surface area contributed by atoms with Gasteiger partial charge in [-0.25, -0.2) is 9.78 Å². The molecule has 0 unspecified atom stereocenters. The van der Waals surface area contributed by atoms with Gasteiger partial charge in [-0.1, -0.05) is 0 Å².